The molecule has 1 fully saturated rings. The molecule has 1 aromatic carbocycles. The Labute approximate surface area is 224 Å². The molecule has 0 aliphatic carbocycles. The van der Waals surface area contributed by atoms with Gasteiger partial charge in [-0.3, -0.25) is 4.79 Å². The number of nitrogens with two attached hydrogens (primary N) is 1. The first-order valence-corrected chi connectivity index (χ1v) is 13.6. The van der Waals surface area contributed by atoms with E-state index >= 15 is 0 Å². The first-order valence-electron chi connectivity index (χ1n) is 13.6. The lowest BCUT2D eigenvalue weighted by atomic mass is 9.94. The minimum atomic E-state index is 0.263. The van der Waals surface area contributed by atoms with Gasteiger partial charge in [-0.25, -0.2) is 9.97 Å². The van der Waals surface area contributed by atoms with Crippen molar-refractivity contribution < 1.29 is 9.53 Å². The fourth-order valence-electron chi connectivity index (χ4n) is 5.53. The number of hydrogen-bond acceptors (Lipinski definition) is 5. The highest BCUT2D eigenvalue weighted by Gasteiger charge is 2.27. The third kappa shape index (κ3) is 6.05. The summed E-state index contributed by atoms with van der Waals surface area (Å²) in [5, 5.41) is 1.17. The molecule has 1 saturated heterocycles. The number of aryl methyl sites for hydroxylation is 2. The zero-order chi connectivity index (χ0) is 26.3. The number of piperidine rings is 1. The largest absolute Gasteiger partial charge is 0.385 e. The van der Waals surface area contributed by atoms with E-state index in [1.165, 1.54) is 16.6 Å². The van der Waals surface area contributed by atoms with E-state index in [-0.39, 0.29) is 5.91 Å². The van der Waals surface area contributed by atoms with Crippen LogP contribution in [0.3, 0.4) is 0 Å². The van der Waals surface area contributed by atoms with Gasteiger partial charge in [-0.1, -0.05) is 24.3 Å². The summed E-state index contributed by atoms with van der Waals surface area (Å²) in [5.74, 6) is 1.12. The van der Waals surface area contributed by atoms with E-state index in [2.05, 4.69) is 55.8 Å². The number of benzene rings is 1. The number of likely N-dealkylation sites (tertiary alicyclic amines) is 1. The molecule has 7 nitrogen and oxygen atoms in total. The van der Waals surface area contributed by atoms with Gasteiger partial charge in [-0.2, -0.15) is 0 Å². The number of carbonyl (C=O) groups excluding carboxylic acids is 1. The molecule has 0 spiro atoms. The second kappa shape index (κ2) is 12.2. The number of aromatic nitrogens is 3. The number of fused-ring (bicyclic) bond motifs is 1. The van der Waals surface area contributed by atoms with Gasteiger partial charge in [-0.05, 0) is 73.6 Å². The molecule has 1 atom stereocenters. The summed E-state index contributed by atoms with van der Waals surface area (Å²) in [4.78, 5) is 24.1. The fourth-order valence-corrected chi connectivity index (χ4v) is 5.53. The summed E-state index contributed by atoms with van der Waals surface area (Å²) in [6.45, 7) is 3.23. The zero-order valence-corrected chi connectivity index (χ0v) is 22.2. The molecule has 7 heteroatoms. The van der Waals surface area contributed by atoms with E-state index < -0.39 is 0 Å². The van der Waals surface area contributed by atoms with Crippen molar-refractivity contribution in [3.63, 3.8) is 0 Å². The Hall–Kier alpha value is -3.71. The number of pyridine rings is 2. The average Bonchev–Trinajstić information content (AvgIpc) is 3.33. The third-order valence-electron chi connectivity index (χ3n) is 7.54. The number of nitrogens with zero attached hydrogens (tertiary/aromatic N) is 4. The van der Waals surface area contributed by atoms with Gasteiger partial charge in [0.2, 0.25) is 5.91 Å². The van der Waals surface area contributed by atoms with E-state index in [9.17, 15) is 4.79 Å². The number of carbonyl (C=O) groups is 1. The van der Waals surface area contributed by atoms with E-state index in [0.29, 0.717) is 18.2 Å². The maximum absolute atomic E-state index is 13.2. The monoisotopic (exact) mass is 511 g/mol. The van der Waals surface area contributed by atoms with Gasteiger partial charge >= 0.3 is 0 Å². The molecule has 198 valence electrons. The van der Waals surface area contributed by atoms with Crippen LogP contribution in [-0.2, 0) is 22.5 Å². The molecule has 0 radical (unpaired) electrons. The third-order valence-corrected chi connectivity index (χ3v) is 7.54. The molecular formula is C31H37N5O2. The molecule has 38 heavy (non-hydrogen) atoms. The van der Waals surface area contributed by atoms with Crippen LogP contribution in [-0.4, -0.2) is 52.1 Å². The SMILES string of the molecule is COCCCn1c(C2CCCN(C(=O)CCCc3ccc(-c4ccc(N)nc4)cc3)C2)cc2cccnc21. The minimum Gasteiger partial charge on any atom is -0.385 e. The lowest BCUT2D eigenvalue weighted by molar-refractivity contribution is -0.132. The van der Waals surface area contributed by atoms with Crippen molar-refractivity contribution in [1.29, 1.82) is 0 Å². The van der Waals surface area contributed by atoms with Crippen LogP contribution >= 0.6 is 0 Å². The molecule has 2 N–H and O–H groups in total. The van der Waals surface area contributed by atoms with E-state index in [1.54, 1.807) is 13.3 Å². The van der Waals surface area contributed by atoms with Gasteiger partial charge in [0, 0.05) is 74.7 Å². The Morgan fingerprint density at radius 2 is 1.92 bits per heavy atom. The van der Waals surface area contributed by atoms with Crippen molar-refractivity contribution in [2.24, 2.45) is 0 Å². The van der Waals surface area contributed by atoms with Crippen molar-refractivity contribution >= 4 is 22.8 Å². The van der Waals surface area contributed by atoms with Crippen LogP contribution in [0.1, 0.15) is 49.3 Å². The molecule has 1 aliphatic rings. The first kappa shape index (κ1) is 25.9. The van der Waals surface area contributed by atoms with Crippen LogP contribution in [0.5, 0.6) is 0 Å². The fraction of sp³-hybridized carbons (Fsp3) is 0.387. The second-order valence-electron chi connectivity index (χ2n) is 10.2. The summed E-state index contributed by atoms with van der Waals surface area (Å²) < 4.78 is 7.64. The maximum Gasteiger partial charge on any atom is 0.222 e. The Kier molecular flexibility index (Phi) is 8.34. The number of amides is 1. The molecule has 1 amide bonds. The van der Waals surface area contributed by atoms with E-state index in [0.717, 1.165) is 75.1 Å². The Morgan fingerprint density at radius 3 is 2.71 bits per heavy atom. The predicted molar refractivity (Wildman–Crippen MR) is 152 cm³/mol. The van der Waals surface area contributed by atoms with Crippen LogP contribution in [0.25, 0.3) is 22.2 Å². The summed E-state index contributed by atoms with van der Waals surface area (Å²) in [6.07, 6.45) is 9.05. The highest BCUT2D eigenvalue weighted by Crippen LogP contribution is 2.32. The normalized spacial score (nSPS) is 15.7. The molecule has 0 saturated carbocycles. The van der Waals surface area contributed by atoms with Gasteiger partial charge in [0.1, 0.15) is 11.5 Å². The number of methoxy groups -OCH3 is 1. The molecule has 4 heterocycles. The van der Waals surface area contributed by atoms with Crippen LogP contribution < -0.4 is 5.73 Å². The van der Waals surface area contributed by atoms with Crippen LogP contribution in [0, 0.1) is 0 Å². The van der Waals surface area contributed by atoms with Crippen molar-refractivity contribution in [1.82, 2.24) is 19.4 Å². The highest BCUT2D eigenvalue weighted by molar-refractivity contribution is 5.78. The molecule has 1 unspecified atom stereocenters. The summed E-state index contributed by atoms with van der Waals surface area (Å²) >= 11 is 0. The molecule has 1 aliphatic heterocycles. The smallest absolute Gasteiger partial charge is 0.222 e. The van der Waals surface area contributed by atoms with E-state index in [4.69, 9.17) is 10.5 Å². The zero-order valence-electron chi connectivity index (χ0n) is 22.2. The maximum atomic E-state index is 13.2. The summed E-state index contributed by atoms with van der Waals surface area (Å²) in [7, 11) is 1.74. The van der Waals surface area contributed by atoms with E-state index in [1.807, 2.05) is 24.4 Å². The Bertz CT molecular complexity index is 1350. The summed E-state index contributed by atoms with van der Waals surface area (Å²) in [5.41, 5.74) is 11.4. The number of anilines is 1. The van der Waals surface area contributed by atoms with Crippen molar-refractivity contribution in [3.05, 3.63) is 78.2 Å². The Balaban J connectivity index is 1.18. The lowest BCUT2D eigenvalue weighted by Gasteiger charge is -2.33. The van der Waals surface area contributed by atoms with Crippen LogP contribution in [0.15, 0.2) is 67.0 Å². The molecule has 5 rings (SSSR count). The second-order valence-corrected chi connectivity index (χ2v) is 10.2. The minimum absolute atomic E-state index is 0.263. The number of rotatable bonds is 10. The lowest BCUT2D eigenvalue weighted by Crippen LogP contribution is -2.39. The molecule has 4 aromatic rings. The summed E-state index contributed by atoms with van der Waals surface area (Å²) in [6, 6.07) is 18.7. The highest BCUT2D eigenvalue weighted by atomic mass is 16.5. The van der Waals surface area contributed by atoms with Crippen LogP contribution in [0.2, 0.25) is 0 Å². The quantitative estimate of drug-likeness (QED) is 0.286. The van der Waals surface area contributed by atoms with Crippen molar-refractivity contribution in [2.45, 2.75) is 51.0 Å². The van der Waals surface area contributed by atoms with Crippen molar-refractivity contribution in [2.75, 3.05) is 32.5 Å². The number of ether oxygens (including phenoxy) is 1. The van der Waals surface area contributed by atoms with Gasteiger partial charge in [0.05, 0.1) is 0 Å². The molecule has 0 bridgehead atoms. The average molecular weight is 512 g/mol. The van der Waals surface area contributed by atoms with Crippen molar-refractivity contribution in [3.8, 4) is 11.1 Å². The predicted octanol–water partition coefficient (Wildman–Crippen LogP) is 5.45. The number of nitrogen functional groups attached to an aromatic ring is 1. The van der Waals surface area contributed by atoms with Gasteiger partial charge in [0.15, 0.2) is 0 Å². The topological polar surface area (TPSA) is 86.3 Å². The first-order chi connectivity index (χ1) is 18.6. The van der Waals surface area contributed by atoms with Gasteiger partial charge < -0.3 is 19.9 Å². The standard InChI is InChI=1S/C31H37N5O2/c1-38-19-5-18-36-28(20-25-7-3-16-33-31(25)36)27-8-4-17-35(22-27)30(37)9-2-6-23-10-12-24(13-11-23)26-14-15-29(32)34-21-26/h3,7,10-16,20-21,27H,2,4-6,8-9,17-19,22H2,1H3,(H2,32,34). The van der Waals surface area contributed by atoms with Gasteiger partial charge in [0.25, 0.3) is 0 Å². The van der Waals surface area contributed by atoms with Crippen LogP contribution in [0.4, 0.5) is 5.82 Å². The number of hydrogen-bond donors (Lipinski definition) is 1. The Morgan fingerprint density at radius 1 is 1.08 bits per heavy atom. The molecule has 3 aromatic heterocycles. The van der Waals surface area contributed by atoms with Gasteiger partial charge in [-0.15, -0.1) is 0 Å². The molecular weight excluding hydrogens is 474 g/mol.